The van der Waals surface area contributed by atoms with Crippen molar-refractivity contribution in [2.24, 2.45) is 7.05 Å². The molecule has 0 fully saturated rings. The molecule has 1 aromatic heterocycles. The number of aromatic nitrogens is 2. The van der Waals surface area contributed by atoms with Crippen LogP contribution in [0.3, 0.4) is 0 Å². The number of hydrogen-bond donors (Lipinski definition) is 3. The number of carbonyl (C=O) groups excluding carboxylic acids is 1. The SMILES string of the molecule is C[C@H](NC(=O)c1cccc(S(=O)(=O)NCCCCO)c1)c1cnn(C)c1. The standard InChI is InChI=1S/C17H24N4O4S/c1-13(15-11-18-21(2)12-15)20-17(23)14-6-5-7-16(10-14)26(24,25)19-8-3-4-9-22/h5-7,10-13,19,22H,3-4,8-9H2,1-2H3,(H,20,23)/t13-/m0/s1. The van der Waals surface area contributed by atoms with Crippen LogP contribution in [-0.2, 0) is 17.1 Å². The lowest BCUT2D eigenvalue weighted by molar-refractivity contribution is 0.0939. The van der Waals surface area contributed by atoms with E-state index in [9.17, 15) is 13.2 Å². The molecule has 0 aliphatic rings. The van der Waals surface area contributed by atoms with E-state index >= 15 is 0 Å². The number of carbonyl (C=O) groups is 1. The number of aryl methyl sites for hydroxylation is 1. The van der Waals surface area contributed by atoms with Crippen molar-refractivity contribution in [2.75, 3.05) is 13.2 Å². The van der Waals surface area contributed by atoms with E-state index in [-0.39, 0.29) is 35.6 Å². The minimum absolute atomic E-state index is 0.0203. The molecule has 9 heteroatoms. The second-order valence-electron chi connectivity index (χ2n) is 6.00. The topological polar surface area (TPSA) is 113 Å². The zero-order valence-electron chi connectivity index (χ0n) is 14.8. The van der Waals surface area contributed by atoms with Crippen LogP contribution in [0.15, 0.2) is 41.6 Å². The lowest BCUT2D eigenvalue weighted by atomic mass is 10.1. The largest absolute Gasteiger partial charge is 0.396 e. The summed E-state index contributed by atoms with van der Waals surface area (Å²) in [5, 5.41) is 15.6. The first-order valence-corrected chi connectivity index (χ1v) is 9.82. The molecule has 0 unspecified atom stereocenters. The summed E-state index contributed by atoms with van der Waals surface area (Å²) < 4.78 is 28.7. The van der Waals surface area contributed by atoms with Gasteiger partial charge in [0.2, 0.25) is 10.0 Å². The zero-order valence-corrected chi connectivity index (χ0v) is 15.7. The number of nitrogens with zero attached hydrogens (tertiary/aromatic N) is 2. The number of unbranched alkanes of at least 4 members (excludes halogenated alkanes) is 1. The van der Waals surface area contributed by atoms with Crippen molar-refractivity contribution in [1.29, 1.82) is 0 Å². The molecular formula is C17H24N4O4S. The maximum atomic E-state index is 12.4. The van der Waals surface area contributed by atoms with E-state index in [1.54, 1.807) is 24.0 Å². The van der Waals surface area contributed by atoms with Gasteiger partial charge in [0.05, 0.1) is 17.1 Å². The second-order valence-corrected chi connectivity index (χ2v) is 7.77. The van der Waals surface area contributed by atoms with Gasteiger partial charge in [0.25, 0.3) is 5.91 Å². The molecule has 1 amide bonds. The normalized spacial score (nSPS) is 12.7. The Morgan fingerprint density at radius 2 is 2.12 bits per heavy atom. The number of nitrogens with one attached hydrogen (secondary N) is 2. The number of benzene rings is 1. The summed E-state index contributed by atoms with van der Waals surface area (Å²) in [5.41, 5.74) is 1.12. The van der Waals surface area contributed by atoms with E-state index in [0.29, 0.717) is 12.8 Å². The van der Waals surface area contributed by atoms with Gasteiger partial charge in [-0.2, -0.15) is 5.10 Å². The van der Waals surface area contributed by atoms with Crippen molar-refractivity contribution in [2.45, 2.75) is 30.7 Å². The average molecular weight is 380 g/mol. The first kappa shape index (κ1) is 20.1. The Kier molecular flexibility index (Phi) is 6.90. The average Bonchev–Trinajstić information content (AvgIpc) is 3.05. The van der Waals surface area contributed by atoms with Crippen LogP contribution in [-0.4, -0.2) is 42.4 Å². The van der Waals surface area contributed by atoms with Gasteiger partial charge in [0, 0.05) is 37.5 Å². The number of amides is 1. The van der Waals surface area contributed by atoms with Gasteiger partial charge in [0.15, 0.2) is 0 Å². The van der Waals surface area contributed by atoms with Crippen LogP contribution in [0.5, 0.6) is 0 Å². The number of rotatable bonds is 9. The Morgan fingerprint density at radius 1 is 1.35 bits per heavy atom. The van der Waals surface area contributed by atoms with Crippen molar-refractivity contribution < 1.29 is 18.3 Å². The van der Waals surface area contributed by atoms with Gasteiger partial charge < -0.3 is 10.4 Å². The van der Waals surface area contributed by atoms with Crippen molar-refractivity contribution in [3.63, 3.8) is 0 Å². The third-order valence-electron chi connectivity index (χ3n) is 3.86. The van der Waals surface area contributed by atoms with Gasteiger partial charge in [-0.1, -0.05) is 6.07 Å². The molecular weight excluding hydrogens is 356 g/mol. The summed E-state index contributed by atoms with van der Waals surface area (Å²) >= 11 is 0. The van der Waals surface area contributed by atoms with Crippen LogP contribution in [0.1, 0.15) is 41.7 Å². The summed E-state index contributed by atoms with van der Waals surface area (Å²) in [6.45, 7) is 2.09. The molecule has 1 atom stereocenters. The number of sulfonamides is 1. The van der Waals surface area contributed by atoms with E-state index in [0.717, 1.165) is 5.56 Å². The van der Waals surface area contributed by atoms with Crippen LogP contribution in [0.25, 0.3) is 0 Å². The van der Waals surface area contributed by atoms with Crippen LogP contribution < -0.4 is 10.0 Å². The molecule has 2 rings (SSSR count). The quantitative estimate of drug-likeness (QED) is 0.561. The highest BCUT2D eigenvalue weighted by atomic mass is 32.2. The maximum absolute atomic E-state index is 12.4. The fourth-order valence-electron chi connectivity index (χ4n) is 2.36. The molecule has 0 saturated heterocycles. The summed E-state index contributed by atoms with van der Waals surface area (Å²) in [6, 6.07) is 5.63. The van der Waals surface area contributed by atoms with Gasteiger partial charge in [-0.3, -0.25) is 9.48 Å². The van der Waals surface area contributed by atoms with Crippen molar-refractivity contribution in [1.82, 2.24) is 19.8 Å². The van der Waals surface area contributed by atoms with Gasteiger partial charge in [-0.25, -0.2) is 13.1 Å². The fourth-order valence-corrected chi connectivity index (χ4v) is 3.48. The Morgan fingerprint density at radius 3 is 2.77 bits per heavy atom. The molecule has 1 heterocycles. The van der Waals surface area contributed by atoms with Gasteiger partial charge in [0.1, 0.15) is 0 Å². The van der Waals surface area contributed by atoms with Gasteiger partial charge in [-0.05, 0) is 38.0 Å². The van der Waals surface area contributed by atoms with Crippen LogP contribution in [0, 0.1) is 0 Å². The Balaban J connectivity index is 2.06. The van der Waals surface area contributed by atoms with Crippen LogP contribution in [0.2, 0.25) is 0 Å². The lowest BCUT2D eigenvalue weighted by Crippen LogP contribution is -2.28. The number of aliphatic hydroxyl groups is 1. The maximum Gasteiger partial charge on any atom is 0.251 e. The van der Waals surface area contributed by atoms with Crippen molar-refractivity contribution in [3.05, 3.63) is 47.8 Å². The predicted molar refractivity (Wildman–Crippen MR) is 97.0 cm³/mol. The first-order chi connectivity index (χ1) is 12.3. The van der Waals surface area contributed by atoms with E-state index in [2.05, 4.69) is 15.1 Å². The van der Waals surface area contributed by atoms with Gasteiger partial charge in [-0.15, -0.1) is 0 Å². The molecule has 0 aliphatic heterocycles. The minimum atomic E-state index is -3.70. The molecule has 0 bridgehead atoms. The summed E-state index contributed by atoms with van der Waals surface area (Å²) in [7, 11) is -1.91. The highest BCUT2D eigenvalue weighted by Crippen LogP contribution is 2.15. The third kappa shape index (κ3) is 5.38. The molecule has 0 saturated carbocycles. The van der Waals surface area contributed by atoms with E-state index in [1.165, 1.54) is 18.2 Å². The highest BCUT2D eigenvalue weighted by molar-refractivity contribution is 7.89. The summed E-state index contributed by atoms with van der Waals surface area (Å²) in [4.78, 5) is 12.5. The summed E-state index contributed by atoms with van der Waals surface area (Å²) in [5.74, 6) is -0.362. The Labute approximate surface area is 153 Å². The number of hydrogen-bond acceptors (Lipinski definition) is 5. The number of aliphatic hydroxyl groups excluding tert-OH is 1. The Hall–Kier alpha value is -2.23. The first-order valence-electron chi connectivity index (χ1n) is 8.33. The smallest absolute Gasteiger partial charge is 0.251 e. The molecule has 0 aliphatic carbocycles. The van der Waals surface area contributed by atoms with Crippen molar-refractivity contribution in [3.8, 4) is 0 Å². The molecule has 8 nitrogen and oxygen atoms in total. The predicted octanol–water partition coefficient (Wildman–Crippen LogP) is 0.962. The Bertz CT molecular complexity index is 848. The monoisotopic (exact) mass is 380 g/mol. The molecule has 2 aromatic rings. The van der Waals surface area contributed by atoms with Crippen molar-refractivity contribution >= 4 is 15.9 Å². The molecule has 1 aromatic carbocycles. The van der Waals surface area contributed by atoms with E-state index < -0.39 is 10.0 Å². The highest BCUT2D eigenvalue weighted by Gasteiger charge is 2.17. The van der Waals surface area contributed by atoms with Crippen LogP contribution in [0.4, 0.5) is 0 Å². The fraction of sp³-hybridized carbons (Fsp3) is 0.412. The molecule has 142 valence electrons. The van der Waals surface area contributed by atoms with E-state index in [4.69, 9.17) is 5.11 Å². The molecule has 26 heavy (non-hydrogen) atoms. The summed E-state index contributed by atoms with van der Waals surface area (Å²) in [6.07, 6.45) is 4.54. The third-order valence-corrected chi connectivity index (χ3v) is 5.31. The molecule has 0 spiro atoms. The van der Waals surface area contributed by atoms with Gasteiger partial charge >= 0.3 is 0 Å². The van der Waals surface area contributed by atoms with E-state index in [1.807, 2.05) is 13.1 Å². The molecule has 0 radical (unpaired) electrons. The lowest BCUT2D eigenvalue weighted by Gasteiger charge is -2.13. The zero-order chi connectivity index (χ0) is 19.2. The molecule has 3 N–H and O–H groups in total. The minimum Gasteiger partial charge on any atom is -0.396 e. The van der Waals surface area contributed by atoms with Crippen LogP contribution >= 0.6 is 0 Å². The second kappa shape index (κ2) is 8.93.